The summed E-state index contributed by atoms with van der Waals surface area (Å²) in [5.74, 6) is 0.00598. The topological polar surface area (TPSA) is 42.0 Å². The zero-order valence-corrected chi connectivity index (χ0v) is 14.1. The maximum Gasteiger partial charge on any atom is 0.248 e. The van der Waals surface area contributed by atoms with Crippen LogP contribution in [0.15, 0.2) is 16.8 Å². The lowest BCUT2D eigenvalue weighted by Gasteiger charge is -2.23. The fraction of sp³-hybridized carbons (Fsp3) is 0.688. The zero-order chi connectivity index (χ0) is 15.6. The number of thiophene rings is 1. The van der Waals surface area contributed by atoms with Crippen molar-refractivity contribution in [3.8, 4) is 0 Å². The van der Waals surface area contributed by atoms with Gasteiger partial charge in [0.2, 0.25) is 5.91 Å². The number of likely N-dealkylation sites (tertiary alicyclic amines) is 1. The standard InChI is InChI=1S/C16H24N2O3S/c1-17(2)15(19)10-20-14-7-16(21-9-14)4-5-18(12-16)8-13-3-6-22-11-13/h3,6,11,14H,4-5,7-10,12H2,1-2H3/t14-,16+/m1/s1. The van der Waals surface area contributed by atoms with Gasteiger partial charge in [-0.05, 0) is 28.8 Å². The Labute approximate surface area is 135 Å². The predicted octanol–water partition coefficient (Wildman–Crippen LogP) is 1.59. The number of ether oxygens (including phenoxy) is 2. The molecule has 6 heteroatoms. The van der Waals surface area contributed by atoms with E-state index in [1.807, 2.05) is 0 Å². The molecule has 2 atom stereocenters. The van der Waals surface area contributed by atoms with Crippen LogP contribution in [0, 0.1) is 0 Å². The van der Waals surface area contributed by atoms with Crippen LogP contribution in [0.1, 0.15) is 18.4 Å². The number of likely N-dealkylation sites (N-methyl/N-ethyl adjacent to an activating group) is 1. The maximum absolute atomic E-state index is 11.6. The molecule has 5 nitrogen and oxygen atoms in total. The van der Waals surface area contributed by atoms with Crippen LogP contribution in [0.4, 0.5) is 0 Å². The molecular weight excluding hydrogens is 300 g/mol. The fourth-order valence-electron chi connectivity index (χ4n) is 3.22. The molecule has 0 saturated carbocycles. The van der Waals surface area contributed by atoms with E-state index in [-0.39, 0.29) is 24.2 Å². The first-order chi connectivity index (χ1) is 10.6. The molecule has 1 aromatic heterocycles. The van der Waals surface area contributed by atoms with Crippen LogP contribution in [0.5, 0.6) is 0 Å². The van der Waals surface area contributed by atoms with Gasteiger partial charge in [0.1, 0.15) is 6.61 Å². The first-order valence-corrected chi connectivity index (χ1v) is 8.70. The van der Waals surface area contributed by atoms with Crippen molar-refractivity contribution in [2.45, 2.75) is 31.1 Å². The molecule has 2 aliphatic rings. The lowest BCUT2D eigenvalue weighted by Crippen LogP contribution is -2.33. The number of carbonyl (C=O) groups is 1. The highest BCUT2D eigenvalue weighted by Crippen LogP contribution is 2.36. The summed E-state index contributed by atoms with van der Waals surface area (Å²) in [7, 11) is 3.50. The summed E-state index contributed by atoms with van der Waals surface area (Å²) in [4.78, 5) is 15.6. The van der Waals surface area contributed by atoms with Gasteiger partial charge in [0.05, 0.1) is 18.3 Å². The molecule has 3 rings (SSSR count). The average Bonchev–Trinajstić information content (AvgIpc) is 3.20. The minimum absolute atomic E-state index is 0.00598. The van der Waals surface area contributed by atoms with Gasteiger partial charge in [-0.25, -0.2) is 0 Å². The Morgan fingerprint density at radius 1 is 1.59 bits per heavy atom. The molecule has 1 spiro atoms. The SMILES string of the molecule is CN(C)C(=O)CO[C@H]1CO[C@@]2(CCN(Cc3ccsc3)C2)C1. The van der Waals surface area contributed by atoms with Crippen molar-refractivity contribution in [1.82, 2.24) is 9.80 Å². The lowest BCUT2D eigenvalue weighted by atomic mass is 9.98. The lowest BCUT2D eigenvalue weighted by molar-refractivity contribution is -0.135. The van der Waals surface area contributed by atoms with E-state index in [2.05, 4.69) is 21.7 Å². The number of hydrogen-bond donors (Lipinski definition) is 0. The summed E-state index contributed by atoms with van der Waals surface area (Å²) in [6, 6.07) is 2.18. The van der Waals surface area contributed by atoms with Crippen LogP contribution >= 0.6 is 11.3 Å². The number of carbonyl (C=O) groups excluding carboxylic acids is 1. The van der Waals surface area contributed by atoms with E-state index < -0.39 is 0 Å². The zero-order valence-electron chi connectivity index (χ0n) is 13.3. The van der Waals surface area contributed by atoms with Gasteiger partial charge in [-0.15, -0.1) is 0 Å². The second-order valence-corrected chi connectivity index (χ2v) is 7.29. The second-order valence-electron chi connectivity index (χ2n) is 6.51. The molecule has 0 aromatic carbocycles. The number of amides is 1. The fourth-order valence-corrected chi connectivity index (χ4v) is 3.88. The van der Waals surface area contributed by atoms with Crippen molar-refractivity contribution >= 4 is 17.2 Å². The Morgan fingerprint density at radius 2 is 2.45 bits per heavy atom. The van der Waals surface area contributed by atoms with Crippen LogP contribution in [0.25, 0.3) is 0 Å². The molecule has 22 heavy (non-hydrogen) atoms. The Hall–Kier alpha value is -0.950. The number of nitrogens with zero attached hydrogens (tertiary/aromatic N) is 2. The largest absolute Gasteiger partial charge is 0.371 e. The molecular formula is C16H24N2O3S. The summed E-state index contributed by atoms with van der Waals surface area (Å²) in [5, 5.41) is 4.33. The van der Waals surface area contributed by atoms with Gasteiger partial charge in [0.15, 0.2) is 0 Å². The molecule has 0 bridgehead atoms. The first kappa shape index (κ1) is 15.9. The molecule has 2 saturated heterocycles. The van der Waals surface area contributed by atoms with Crippen molar-refractivity contribution < 1.29 is 14.3 Å². The van der Waals surface area contributed by atoms with E-state index in [1.165, 1.54) is 5.56 Å². The molecule has 0 unspecified atom stereocenters. The number of rotatable bonds is 5. The van der Waals surface area contributed by atoms with E-state index in [1.54, 1.807) is 30.3 Å². The highest BCUT2D eigenvalue weighted by Gasteiger charge is 2.45. The molecule has 0 aliphatic carbocycles. The molecule has 3 heterocycles. The van der Waals surface area contributed by atoms with Gasteiger partial charge >= 0.3 is 0 Å². The Kier molecular flexibility index (Phi) is 4.82. The van der Waals surface area contributed by atoms with Gasteiger partial charge in [0, 0.05) is 40.2 Å². The smallest absolute Gasteiger partial charge is 0.248 e. The monoisotopic (exact) mass is 324 g/mol. The van der Waals surface area contributed by atoms with Crippen LogP contribution in [0.3, 0.4) is 0 Å². The molecule has 122 valence electrons. The predicted molar refractivity (Wildman–Crippen MR) is 85.9 cm³/mol. The third kappa shape index (κ3) is 3.68. The van der Waals surface area contributed by atoms with E-state index in [4.69, 9.17) is 9.47 Å². The third-order valence-corrected chi connectivity index (χ3v) is 5.23. The Balaban J connectivity index is 1.47. The summed E-state index contributed by atoms with van der Waals surface area (Å²) in [6.45, 7) is 3.78. The first-order valence-electron chi connectivity index (χ1n) is 7.75. The average molecular weight is 324 g/mol. The molecule has 1 amide bonds. The van der Waals surface area contributed by atoms with E-state index in [0.717, 1.165) is 32.5 Å². The third-order valence-electron chi connectivity index (χ3n) is 4.50. The second kappa shape index (κ2) is 6.66. The Bertz CT molecular complexity index is 505. The molecule has 2 aliphatic heterocycles. The molecule has 1 aromatic rings. The highest BCUT2D eigenvalue weighted by atomic mass is 32.1. The van der Waals surface area contributed by atoms with Gasteiger partial charge < -0.3 is 14.4 Å². The highest BCUT2D eigenvalue weighted by molar-refractivity contribution is 7.07. The number of hydrogen-bond acceptors (Lipinski definition) is 5. The van der Waals surface area contributed by atoms with Gasteiger partial charge in [0.25, 0.3) is 0 Å². The Morgan fingerprint density at radius 3 is 3.18 bits per heavy atom. The summed E-state index contributed by atoms with van der Waals surface area (Å²) < 4.78 is 11.8. The van der Waals surface area contributed by atoms with Crippen LogP contribution in [-0.4, -0.2) is 67.8 Å². The summed E-state index contributed by atoms with van der Waals surface area (Å²) >= 11 is 1.74. The summed E-state index contributed by atoms with van der Waals surface area (Å²) in [6.07, 6.45) is 2.00. The van der Waals surface area contributed by atoms with Gasteiger partial charge in [-0.2, -0.15) is 11.3 Å². The van der Waals surface area contributed by atoms with Crippen LogP contribution < -0.4 is 0 Å². The van der Waals surface area contributed by atoms with Crippen LogP contribution in [-0.2, 0) is 20.8 Å². The van der Waals surface area contributed by atoms with Gasteiger partial charge in [-0.3, -0.25) is 9.69 Å². The van der Waals surface area contributed by atoms with Crippen LogP contribution in [0.2, 0.25) is 0 Å². The molecule has 2 fully saturated rings. The maximum atomic E-state index is 11.6. The van der Waals surface area contributed by atoms with E-state index in [0.29, 0.717) is 6.61 Å². The normalized spacial score (nSPS) is 28.5. The molecule has 0 N–H and O–H groups in total. The van der Waals surface area contributed by atoms with E-state index in [9.17, 15) is 4.79 Å². The molecule has 0 radical (unpaired) electrons. The van der Waals surface area contributed by atoms with Crippen molar-refractivity contribution in [2.24, 2.45) is 0 Å². The quantitative estimate of drug-likeness (QED) is 0.825. The van der Waals surface area contributed by atoms with E-state index >= 15 is 0 Å². The summed E-state index contributed by atoms with van der Waals surface area (Å²) in [5.41, 5.74) is 1.31. The van der Waals surface area contributed by atoms with Gasteiger partial charge in [-0.1, -0.05) is 0 Å². The van der Waals surface area contributed by atoms with Crippen molar-refractivity contribution in [2.75, 3.05) is 40.4 Å². The minimum Gasteiger partial charge on any atom is -0.371 e. The van der Waals surface area contributed by atoms with Crippen molar-refractivity contribution in [3.63, 3.8) is 0 Å². The minimum atomic E-state index is -0.0676. The van der Waals surface area contributed by atoms with Crippen molar-refractivity contribution in [3.05, 3.63) is 22.4 Å². The van der Waals surface area contributed by atoms with Crippen molar-refractivity contribution in [1.29, 1.82) is 0 Å².